The monoisotopic (exact) mass is 360 g/mol. The van der Waals surface area contributed by atoms with Crippen molar-refractivity contribution in [2.45, 2.75) is 38.8 Å². The molecule has 140 valence electrons. The first-order valence-corrected chi connectivity index (χ1v) is 9.70. The van der Waals surface area contributed by atoms with Crippen LogP contribution in [0.5, 0.6) is 5.88 Å². The summed E-state index contributed by atoms with van der Waals surface area (Å²) in [6.45, 7) is 7.69. The van der Waals surface area contributed by atoms with E-state index >= 15 is 0 Å². The second kappa shape index (κ2) is 6.49. The number of anilines is 1. The molecular formula is C24H28N2O. The van der Waals surface area contributed by atoms with E-state index in [-0.39, 0.29) is 5.54 Å². The number of ether oxygens (including phenoxy) is 1. The number of nitrogens with zero attached hydrogens (tertiary/aromatic N) is 2. The molecule has 0 saturated carbocycles. The molecule has 0 N–H and O–H groups in total. The van der Waals surface area contributed by atoms with Gasteiger partial charge in [0.15, 0.2) is 0 Å². The highest BCUT2D eigenvalue weighted by molar-refractivity contribution is 5.95. The molecule has 3 nitrogen and oxygen atoms in total. The number of rotatable bonds is 4. The Labute approximate surface area is 161 Å². The van der Waals surface area contributed by atoms with Crippen molar-refractivity contribution in [1.29, 1.82) is 0 Å². The maximum Gasteiger partial charge on any atom is 0.201 e. The summed E-state index contributed by atoms with van der Waals surface area (Å²) in [5.41, 5.74) is 3.88. The Kier molecular flexibility index (Phi) is 4.26. The minimum Gasteiger partial charge on any atom is -0.482 e. The third-order valence-electron chi connectivity index (χ3n) is 6.42. The van der Waals surface area contributed by atoms with Crippen LogP contribution < -0.4 is 9.64 Å². The van der Waals surface area contributed by atoms with Crippen molar-refractivity contribution in [3.8, 4) is 5.88 Å². The van der Waals surface area contributed by atoms with Gasteiger partial charge in [-0.15, -0.1) is 0 Å². The third-order valence-corrected chi connectivity index (χ3v) is 6.42. The minimum absolute atomic E-state index is 0.0686. The summed E-state index contributed by atoms with van der Waals surface area (Å²) in [5, 5.41) is 2.41. The first-order chi connectivity index (χ1) is 13.0. The molecule has 1 aliphatic rings. The average molecular weight is 361 g/mol. The highest BCUT2D eigenvalue weighted by atomic mass is 16.5. The van der Waals surface area contributed by atoms with E-state index in [0.717, 1.165) is 12.4 Å². The van der Waals surface area contributed by atoms with E-state index < -0.39 is 0 Å². The molecule has 0 aliphatic carbocycles. The predicted octanol–water partition coefficient (Wildman–Crippen LogP) is 5.70. The number of likely N-dealkylation sites (N-methyl/N-ethyl adjacent to an activating group) is 1. The van der Waals surface area contributed by atoms with Gasteiger partial charge < -0.3 is 14.2 Å². The molecule has 0 fully saturated rings. The van der Waals surface area contributed by atoms with Crippen molar-refractivity contribution in [3.63, 3.8) is 0 Å². The summed E-state index contributed by atoms with van der Waals surface area (Å²) in [5.74, 6) is 1.36. The zero-order valence-corrected chi connectivity index (χ0v) is 16.9. The third kappa shape index (κ3) is 2.48. The van der Waals surface area contributed by atoms with E-state index in [2.05, 4.69) is 98.0 Å². The summed E-state index contributed by atoms with van der Waals surface area (Å²) >= 11 is 0. The predicted molar refractivity (Wildman–Crippen MR) is 115 cm³/mol. The van der Waals surface area contributed by atoms with E-state index in [9.17, 15) is 0 Å². The lowest BCUT2D eigenvalue weighted by atomic mass is 9.84. The highest BCUT2D eigenvalue weighted by Crippen LogP contribution is 2.47. The summed E-state index contributed by atoms with van der Waals surface area (Å²) in [4.78, 5) is 2.40. The summed E-state index contributed by atoms with van der Waals surface area (Å²) in [7, 11) is 3.95. The van der Waals surface area contributed by atoms with Crippen LogP contribution in [-0.2, 0) is 6.54 Å². The summed E-state index contributed by atoms with van der Waals surface area (Å²) in [6.07, 6.45) is 4.65. The van der Waals surface area contributed by atoms with Gasteiger partial charge in [0.25, 0.3) is 0 Å². The van der Waals surface area contributed by atoms with Gasteiger partial charge in [0, 0.05) is 36.0 Å². The van der Waals surface area contributed by atoms with Gasteiger partial charge in [-0.1, -0.05) is 49.4 Å². The SMILES string of the molecule is CCn1c(C=CC2(C)C(C)c3ccccc3N2C)c2ccccc2c1OC. The average Bonchev–Trinajstić information content (AvgIpc) is 3.12. The van der Waals surface area contributed by atoms with Crippen LogP contribution in [0.15, 0.2) is 54.6 Å². The molecule has 3 heteroatoms. The number of para-hydroxylation sites is 1. The summed E-state index contributed by atoms with van der Waals surface area (Å²) < 4.78 is 8.00. The van der Waals surface area contributed by atoms with Gasteiger partial charge in [-0.25, -0.2) is 0 Å². The smallest absolute Gasteiger partial charge is 0.201 e. The normalized spacial score (nSPS) is 22.0. The Hall–Kier alpha value is -2.68. The first kappa shape index (κ1) is 17.7. The van der Waals surface area contributed by atoms with Crippen molar-refractivity contribution in [2.24, 2.45) is 0 Å². The van der Waals surface area contributed by atoms with Gasteiger partial charge in [0.05, 0.1) is 18.3 Å². The lowest BCUT2D eigenvalue weighted by Crippen LogP contribution is -2.41. The van der Waals surface area contributed by atoms with E-state index in [1.165, 1.54) is 27.7 Å². The van der Waals surface area contributed by atoms with Crippen LogP contribution in [0.25, 0.3) is 16.8 Å². The fourth-order valence-electron chi connectivity index (χ4n) is 4.53. The second-order valence-electron chi connectivity index (χ2n) is 7.58. The van der Waals surface area contributed by atoms with Crippen molar-refractivity contribution >= 4 is 22.5 Å². The van der Waals surface area contributed by atoms with Crippen LogP contribution in [0.1, 0.15) is 37.9 Å². The van der Waals surface area contributed by atoms with E-state index in [0.29, 0.717) is 5.92 Å². The molecular weight excluding hydrogens is 332 g/mol. The molecule has 4 rings (SSSR count). The van der Waals surface area contributed by atoms with E-state index in [1.54, 1.807) is 7.11 Å². The molecule has 2 heterocycles. The van der Waals surface area contributed by atoms with Crippen molar-refractivity contribution in [3.05, 3.63) is 65.9 Å². The lowest BCUT2D eigenvalue weighted by molar-refractivity contribution is 0.379. The number of aromatic nitrogens is 1. The summed E-state index contributed by atoms with van der Waals surface area (Å²) in [6, 6.07) is 17.2. The maximum absolute atomic E-state index is 5.74. The molecule has 2 unspecified atom stereocenters. The van der Waals surface area contributed by atoms with Crippen LogP contribution >= 0.6 is 0 Å². The largest absolute Gasteiger partial charge is 0.482 e. The van der Waals surface area contributed by atoms with Crippen LogP contribution in [0.3, 0.4) is 0 Å². The van der Waals surface area contributed by atoms with Gasteiger partial charge in [-0.2, -0.15) is 0 Å². The standard InChI is InChI=1S/C24H28N2O/c1-6-26-22(19-12-7-8-13-20(19)23(26)27-5)15-16-24(3)17(2)18-11-9-10-14-21(18)25(24)4/h7-17H,6H2,1-5H3. The Balaban J connectivity index is 1.82. The Morgan fingerprint density at radius 1 is 1.07 bits per heavy atom. The number of hydrogen-bond donors (Lipinski definition) is 0. The topological polar surface area (TPSA) is 17.4 Å². The molecule has 2 atom stereocenters. The van der Waals surface area contributed by atoms with Crippen LogP contribution in [0.2, 0.25) is 0 Å². The van der Waals surface area contributed by atoms with Crippen LogP contribution in [-0.4, -0.2) is 24.3 Å². The van der Waals surface area contributed by atoms with E-state index in [1.807, 2.05) is 0 Å². The molecule has 3 aromatic rings. The van der Waals surface area contributed by atoms with E-state index in [4.69, 9.17) is 4.74 Å². The number of fused-ring (bicyclic) bond motifs is 2. The zero-order chi connectivity index (χ0) is 19.2. The fourth-order valence-corrected chi connectivity index (χ4v) is 4.53. The van der Waals surface area contributed by atoms with Crippen molar-refractivity contribution in [1.82, 2.24) is 4.57 Å². The number of benzene rings is 2. The molecule has 2 aromatic carbocycles. The number of hydrogen-bond acceptors (Lipinski definition) is 2. The zero-order valence-electron chi connectivity index (χ0n) is 16.9. The van der Waals surface area contributed by atoms with Crippen molar-refractivity contribution in [2.75, 3.05) is 19.1 Å². The van der Waals surface area contributed by atoms with Gasteiger partial charge >= 0.3 is 0 Å². The molecule has 1 aromatic heterocycles. The molecule has 0 radical (unpaired) electrons. The maximum atomic E-state index is 5.74. The Morgan fingerprint density at radius 3 is 2.41 bits per heavy atom. The van der Waals surface area contributed by atoms with Gasteiger partial charge in [0.2, 0.25) is 5.88 Å². The van der Waals surface area contributed by atoms with Crippen LogP contribution in [0.4, 0.5) is 5.69 Å². The fraction of sp³-hybridized carbons (Fsp3) is 0.333. The first-order valence-electron chi connectivity index (χ1n) is 9.70. The number of methoxy groups -OCH3 is 1. The van der Waals surface area contributed by atoms with Gasteiger partial charge in [-0.3, -0.25) is 0 Å². The van der Waals surface area contributed by atoms with Crippen molar-refractivity contribution < 1.29 is 4.74 Å². The second-order valence-corrected chi connectivity index (χ2v) is 7.58. The molecule has 0 amide bonds. The molecule has 0 bridgehead atoms. The highest BCUT2D eigenvalue weighted by Gasteiger charge is 2.41. The molecule has 1 aliphatic heterocycles. The molecule has 0 saturated heterocycles. The van der Waals surface area contributed by atoms with Crippen LogP contribution in [0, 0.1) is 0 Å². The van der Waals surface area contributed by atoms with Gasteiger partial charge in [0.1, 0.15) is 0 Å². The minimum atomic E-state index is -0.0686. The lowest BCUT2D eigenvalue weighted by Gasteiger charge is -2.35. The van der Waals surface area contributed by atoms with Gasteiger partial charge in [-0.05, 0) is 37.6 Å². The molecule has 0 spiro atoms. The quantitative estimate of drug-likeness (QED) is 0.594. The Bertz CT molecular complexity index is 985. The molecule has 27 heavy (non-hydrogen) atoms. The Morgan fingerprint density at radius 2 is 1.74 bits per heavy atom.